The molecule has 18 heavy (non-hydrogen) atoms. The predicted molar refractivity (Wildman–Crippen MR) is 71.7 cm³/mol. The highest BCUT2D eigenvalue weighted by Gasteiger charge is 2.16. The van der Waals surface area contributed by atoms with Crippen LogP contribution in [0.5, 0.6) is 0 Å². The first-order valence-corrected chi connectivity index (χ1v) is 6.64. The third-order valence-electron chi connectivity index (χ3n) is 3.02. The number of unbranched alkanes of at least 4 members (excludes halogenated alkanes) is 2. The molecule has 1 N–H and O–H groups in total. The van der Waals surface area contributed by atoms with Crippen molar-refractivity contribution in [3.05, 3.63) is 17.5 Å². The molecule has 1 aromatic heterocycles. The van der Waals surface area contributed by atoms with Crippen LogP contribution in [0.2, 0.25) is 0 Å². The molecular weight excluding hydrogens is 230 g/mol. The molecule has 0 atom stereocenters. The Morgan fingerprint density at radius 3 is 2.28 bits per heavy atom. The van der Waals surface area contributed by atoms with Gasteiger partial charge in [-0.3, -0.25) is 5.01 Å². The molecule has 0 aliphatic heterocycles. The van der Waals surface area contributed by atoms with Crippen LogP contribution in [0.1, 0.15) is 55.6 Å². The summed E-state index contributed by atoms with van der Waals surface area (Å²) in [5.74, 6) is -0.912. The smallest absolute Gasteiger partial charge is 0.339 e. The molecule has 1 aromatic rings. The molecule has 0 bridgehead atoms. The van der Waals surface area contributed by atoms with Crippen LogP contribution in [-0.2, 0) is 0 Å². The standard InChI is InChI=1S/C13H23N3O2/c1-4-6-8-15(9-7-5-2)16-11(3)12(10-14-16)13(17)18/h10H,4-9H2,1-3H3,(H,17,18). The maximum absolute atomic E-state index is 11.0. The first-order chi connectivity index (χ1) is 8.61. The molecular formula is C13H23N3O2. The number of aromatic carboxylic acids is 1. The molecule has 0 saturated carbocycles. The van der Waals surface area contributed by atoms with E-state index in [4.69, 9.17) is 5.11 Å². The van der Waals surface area contributed by atoms with E-state index in [-0.39, 0.29) is 5.56 Å². The fourth-order valence-electron chi connectivity index (χ4n) is 1.88. The highest BCUT2D eigenvalue weighted by atomic mass is 16.4. The normalized spacial score (nSPS) is 10.6. The molecule has 1 heterocycles. The van der Waals surface area contributed by atoms with Crippen molar-refractivity contribution >= 4 is 5.97 Å². The third-order valence-corrected chi connectivity index (χ3v) is 3.02. The van der Waals surface area contributed by atoms with E-state index in [0.29, 0.717) is 5.69 Å². The van der Waals surface area contributed by atoms with Gasteiger partial charge in [0.05, 0.1) is 11.9 Å². The van der Waals surface area contributed by atoms with Crippen molar-refractivity contribution in [1.29, 1.82) is 0 Å². The minimum absolute atomic E-state index is 0.285. The molecule has 0 aliphatic carbocycles. The molecule has 102 valence electrons. The van der Waals surface area contributed by atoms with E-state index in [2.05, 4.69) is 24.0 Å². The number of aromatic nitrogens is 2. The van der Waals surface area contributed by atoms with Crippen LogP contribution in [0.25, 0.3) is 0 Å². The van der Waals surface area contributed by atoms with Gasteiger partial charge in [-0.2, -0.15) is 9.89 Å². The molecule has 5 nitrogen and oxygen atoms in total. The molecule has 0 saturated heterocycles. The van der Waals surface area contributed by atoms with Crippen molar-refractivity contribution < 1.29 is 9.90 Å². The second kappa shape index (κ2) is 7.03. The average Bonchev–Trinajstić information content (AvgIpc) is 2.72. The summed E-state index contributed by atoms with van der Waals surface area (Å²) in [6.45, 7) is 7.94. The molecule has 0 aromatic carbocycles. The fourth-order valence-corrected chi connectivity index (χ4v) is 1.88. The van der Waals surface area contributed by atoms with E-state index in [9.17, 15) is 4.79 Å². The molecule has 0 aliphatic rings. The van der Waals surface area contributed by atoms with Gasteiger partial charge in [-0.05, 0) is 19.8 Å². The third kappa shape index (κ3) is 3.48. The van der Waals surface area contributed by atoms with E-state index in [1.807, 2.05) is 0 Å². The second-order valence-electron chi connectivity index (χ2n) is 4.50. The lowest BCUT2D eigenvalue weighted by Gasteiger charge is -2.25. The summed E-state index contributed by atoms with van der Waals surface area (Å²) < 4.78 is 0. The lowest BCUT2D eigenvalue weighted by molar-refractivity contribution is 0.0696. The van der Waals surface area contributed by atoms with Crippen LogP contribution in [0, 0.1) is 6.92 Å². The highest BCUT2D eigenvalue weighted by molar-refractivity contribution is 5.88. The van der Waals surface area contributed by atoms with Gasteiger partial charge in [-0.25, -0.2) is 4.79 Å². The molecule has 5 heteroatoms. The summed E-state index contributed by atoms with van der Waals surface area (Å²) in [6, 6.07) is 0. The van der Waals surface area contributed by atoms with Crippen LogP contribution < -0.4 is 5.01 Å². The van der Waals surface area contributed by atoms with Gasteiger partial charge in [-0.1, -0.05) is 26.7 Å². The zero-order chi connectivity index (χ0) is 13.5. The number of carboxylic acid groups (broad SMARTS) is 1. The summed E-state index contributed by atoms with van der Waals surface area (Å²) in [7, 11) is 0. The zero-order valence-electron chi connectivity index (χ0n) is 11.5. The van der Waals surface area contributed by atoms with Crippen LogP contribution in [0.4, 0.5) is 0 Å². The van der Waals surface area contributed by atoms with Crippen LogP contribution >= 0.6 is 0 Å². The van der Waals surface area contributed by atoms with Gasteiger partial charge in [-0.15, -0.1) is 0 Å². The Labute approximate surface area is 108 Å². The molecule has 0 unspecified atom stereocenters. The van der Waals surface area contributed by atoms with Crippen LogP contribution in [0.3, 0.4) is 0 Å². The molecule has 0 amide bonds. The summed E-state index contributed by atoms with van der Waals surface area (Å²) in [6.07, 6.45) is 5.85. The van der Waals surface area contributed by atoms with Gasteiger partial charge >= 0.3 is 5.97 Å². The Hall–Kier alpha value is -1.52. The monoisotopic (exact) mass is 253 g/mol. The first-order valence-electron chi connectivity index (χ1n) is 6.64. The van der Waals surface area contributed by atoms with E-state index in [0.717, 1.165) is 38.8 Å². The van der Waals surface area contributed by atoms with Gasteiger partial charge < -0.3 is 5.11 Å². The maximum Gasteiger partial charge on any atom is 0.339 e. The quantitative estimate of drug-likeness (QED) is 0.773. The van der Waals surface area contributed by atoms with E-state index >= 15 is 0 Å². The van der Waals surface area contributed by atoms with Crippen LogP contribution in [0.15, 0.2) is 6.20 Å². The van der Waals surface area contributed by atoms with Crippen molar-refractivity contribution in [2.45, 2.75) is 46.5 Å². The van der Waals surface area contributed by atoms with E-state index in [1.165, 1.54) is 6.20 Å². The largest absolute Gasteiger partial charge is 0.478 e. The number of carbonyl (C=O) groups is 1. The summed E-state index contributed by atoms with van der Waals surface area (Å²) in [5.41, 5.74) is 0.989. The first kappa shape index (κ1) is 14.5. The van der Waals surface area contributed by atoms with Gasteiger partial charge in [0, 0.05) is 13.1 Å². The maximum atomic E-state index is 11.0. The highest BCUT2D eigenvalue weighted by Crippen LogP contribution is 2.09. The topological polar surface area (TPSA) is 58.4 Å². The van der Waals surface area contributed by atoms with Gasteiger partial charge in [0.15, 0.2) is 0 Å². The van der Waals surface area contributed by atoms with Crippen molar-refractivity contribution in [1.82, 2.24) is 9.89 Å². The Balaban J connectivity index is 2.86. The fraction of sp³-hybridized carbons (Fsp3) is 0.692. The Bertz CT molecular complexity index is 380. The zero-order valence-corrected chi connectivity index (χ0v) is 11.5. The second-order valence-corrected chi connectivity index (χ2v) is 4.50. The van der Waals surface area contributed by atoms with Crippen molar-refractivity contribution in [2.75, 3.05) is 18.1 Å². The number of rotatable bonds is 8. The molecule has 0 fully saturated rings. The van der Waals surface area contributed by atoms with Crippen molar-refractivity contribution in [3.8, 4) is 0 Å². The summed E-state index contributed by atoms with van der Waals surface area (Å²) in [4.78, 5) is 12.8. The Morgan fingerprint density at radius 2 is 1.89 bits per heavy atom. The number of carboxylic acids is 1. The van der Waals surface area contributed by atoms with E-state index in [1.54, 1.807) is 11.7 Å². The lowest BCUT2D eigenvalue weighted by atomic mass is 10.2. The molecule has 0 radical (unpaired) electrons. The number of hydrogen-bond acceptors (Lipinski definition) is 3. The predicted octanol–water partition coefficient (Wildman–Crippen LogP) is 2.43. The van der Waals surface area contributed by atoms with Crippen LogP contribution in [-0.4, -0.2) is 34.1 Å². The SMILES string of the molecule is CCCCN(CCCC)n1ncc(C(=O)O)c1C. The average molecular weight is 253 g/mol. The van der Waals surface area contributed by atoms with Gasteiger partial charge in [0.1, 0.15) is 5.56 Å². The molecule has 0 spiro atoms. The number of nitrogens with zero attached hydrogens (tertiary/aromatic N) is 3. The minimum atomic E-state index is -0.912. The van der Waals surface area contributed by atoms with Crippen molar-refractivity contribution in [3.63, 3.8) is 0 Å². The Kier molecular flexibility index (Phi) is 5.68. The summed E-state index contributed by atoms with van der Waals surface area (Å²) in [5, 5.41) is 15.4. The lowest BCUT2D eigenvalue weighted by Crippen LogP contribution is -2.38. The van der Waals surface area contributed by atoms with E-state index < -0.39 is 5.97 Å². The van der Waals surface area contributed by atoms with Gasteiger partial charge in [0.2, 0.25) is 0 Å². The molecule has 1 rings (SSSR count). The van der Waals surface area contributed by atoms with Gasteiger partial charge in [0.25, 0.3) is 0 Å². The number of hydrogen-bond donors (Lipinski definition) is 1. The van der Waals surface area contributed by atoms with Crippen molar-refractivity contribution in [2.24, 2.45) is 0 Å². The summed E-state index contributed by atoms with van der Waals surface area (Å²) >= 11 is 0. The Morgan fingerprint density at radius 1 is 1.33 bits per heavy atom. The minimum Gasteiger partial charge on any atom is -0.478 e.